The molecule has 1 saturated heterocycles. The summed E-state index contributed by atoms with van der Waals surface area (Å²) in [6, 6.07) is 8.14. The number of anilines is 2. The summed E-state index contributed by atoms with van der Waals surface area (Å²) < 4.78 is 5.27. The van der Waals surface area contributed by atoms with Crippen LogP contribution in [0.25, 0.3) is 0 Å². The molecule has 1 amide bonds. The van der Waals surface area contributed by atoms with Crippen LogP contribution in [0.15, 0.2) is 36.7 Å². The first-order chi connectivity index (χ1) is 11.9. The molecule has 0 bridgehead atoms. The average Bonchev–Trinajstić information content (AvgIpc) is 2.62. The number of hydrogen-bond acceptors (Lipinski definition) is 5. The van der Waals surface area contributed by atoms with E-state index >= 15 is 0 Å². The van der Waals surface area contributed by atoms with Crippen molar-refractivity contribution in [3.63, 3.8) is 0 Å². The van der Waals surface area contributed by atoms with Gasteiger partial charge in [-0.15, -0.1) is 0 Å². The number of nitrogens with one attached hydrogen (secondary N) is 1. The number of carbonyl (C=O) groups is 1. The van der Waals surface area contributed by atoms with Gasteiger partial charge in [0.2, 0.25) is 0 Å². The van der Waals surface area contributed by atoms with Crippen molar-refractivity contribution in [3.8, 4) is 0 Å². The van der Waals surface area contributed by atoms with Gasteiger partial charge in [-0.1, -0.05) is 39.0 Å². The molecular weight excluding hydrogens is 316 g/mol. The molecule has 2 aromatic rings. The maximum absolute atomic E-state index is 12.4. The van der Waals surface area contributed by atoms with Gasteiger partial charge in [-0.25, -0.2) is 9.97 Å². The second-order valence-electron chi connectivity index (χ2n) is 7.11. The number of amides is 1. The summed E-state index contributed by atoms with van der Waals surface area (Å²) in [5.74, 6) is 0.521. The molecule has 1 N–H and O–H groups in total. The molecule has 2 heterocycles. The second kappa shape index (κ2) is 7.19. The Balaban J connectivity index is 1.74. The van der Waals surface area contributed by atoms with Gasteiger partial charge < -0.3 is 15.0 Å². The predicted molar refractivity (Wildman–Crippen MR) is 97.2 cm³/mol. The van der Waals surface area contributed by atoms with Gasteiger partial charge in [-0.3, -0.25) is 4.79 Å². The SMILES string of the molecule is CC(C)(C)c1ccccc1Nc1cnc(C(=O)N2CCOCC2)cn1. The molecule has 0 aliphatic carbocycles. The Kier molecular flexibility index (Phi) is 4.99. The van der Waals surface area contributed by atoms with E-state index in [4.69, 9.17) is 4.74 Å². The van der Waals surface area contributed by atoms with Crippen molar-refractivity contribution < 1.29 is 9.53 Å². The normalized spacial score (nSPS) is 15.1. The summed E-state index contributed by atoms with van der Waals surface area (Å²) in [5, 5.41) is 3.31. The molecule has 25 heavy (non-hydrogen) atoms. The number of benzene rings is 1. The molecule has 1 aromatic carbocycles. The Hall–Kier alpha value is -2.47. The van der Waals surface area contributed by atoms with Crippen molar-refractivity contribution in [2.24, 2.45) is 0 Å². The smallest absolute Gasteiger partial charge is 0.274 e. The molecule has 6 heteroatoms. The molecule has 1 aliphatic rings. The Morgan fingerprint density at radius 2 is 1.84 bits per heavy atom. The molecule has 1 aromatic heterocycles. The molecule has 0 atom stereocenters. The second-order valence-corrected chi connectivity index (χ2v) is 7.11. The topological polar surface area (TPSA) is 67.4 Å². The average molecular weight is 340 g/mol. The third-order valence-corrected chi connectivity index (χ3v) is 4.17. The summed E-state index contributed by atoms with van der Waals surface area (Å²) in [6.07, 6.45) is 3.13. The number of hydrogen-bond donors (Lipinski definition) is 1. The van der Waals surface area contributed by atoms with E-state index in [1.165, 1.54) is 11.8 Å². The van der Waals surface area contributed by atoms with Gasteiger partial charge in [0.15, 0.2) is 0 Å². The number of nitrogens with zero attached hydrogens (tertiary/aromatic N) is 3. The first-order valence-electron chi connectivity index (χ1n) is 8.51. The van der Waals surface area contributed by atoms with Crippen molar-refractivity contribution in [2.45, 2.75) is 26.2 Å². The Labute approximate surface area is 148 Å². The number of ether oxygens (including phenoxy) is 1. The van der Waals surface area contributed by atoms with Crippen molar-refractivity contribution >= 4 is 17.4 Å². The molecule has 6 nitrogen and oxygen atoms in total. The van der Waals surface area contributed by atoms with Crippen LogP contribution >= 0.6 is 0 Å². The minimum atomic E-state index is -0.0996. The van der Waals surface area contributed by atoms with Gasteiger partial charge in [0, 0.05) is 18.8 Å². The molecule has 0 saturated carbocycles. The van der Waals surface area contributed by atoms with Crippen LogP contribution in [0, 0.1) is 0 Å². The fourth-order valence-corrected chi connectivity index (χ4v) is 2.82. The highest BCUT2D eigenvalue weighted by atomic mass is 16.5. The standard InChI is InChI=1S/C19H24N4O2/c1-19(2,3)14-6-4-5-7-15(14)22-17-13-20-16(12-21-17)18(24)23-8-10-25-11-9-23/h4-7,12-13H,8-11H2,1-3H3,(H,21,22). The van der Waals surface area contributed by atoms with Gasteiger partial charge in [0.25, 0.3) is 5.91 Å². The first-order valence-corrected chi connectivity index (χ1v) is 8.51. The van der Waals surface area contributed by atoms with Crippen molar-refractivity contribution in [1.82, 2.24) is 14.9 Å². The Morgan fingerprint density at radius 3 is 2.48 bits per heavy atom. The molecule has 0 unspecified atom stereocenters. The van der Waals surface area contributed by atoms with Crippen LogP contribution in [-0.4, -0.2) is 47.1 Å². The number of para-hydroxylation sites is 1. The molecule has 1 aliphatic heterocycles. The molecule has 1 fully saturated rings. The Morgan fingerprint density at radius 1 is 1.12 bits per heavy atom. The molecule has 132 valence electrons. The third-order valence-electron chi connectivity index (χ3n) is 4.17. The minimum absolute atomic E-state index is 0.0171. The van der Waals surface area contributed by atoms with Gasteiger partial charge >= 0.3 is 0 Å². The van der Waals surface area contributed by atoms with Gasteiger partial charge in [-0.05, 0) is 17.0 Å². The van der Waals surface area contributed by atoms with Crippen LogP contribution in [0.5, 0.6) is 0 Å². The fraction of sp³-hybridized carbons (Fsp3) is 0.421. The number of aromatic nitrogens is 2. The van der Waals surface area contributed by atoms with E-state index in [1.54, 1.807) is 11.1 Å². The zero-order valence-corrected chi connectivity index (χ0v) is 15.0. The molecular formula is C19H24N4O2. The summed E-state index contributed by atoms with van der Waals surface area (Å²) in [5.41, 5.74) is 2.57. The maximum Gasteiger partial charge on any atom is 0.274 e. The monoisotopic (exact) mass is 340 g/mol. The van der Waals surface area contributed by atoms with E-state index in [9.17, 15) is 4.79 Å². The lowest BCUT2D eigenvalue weighted by Gasteiger charge is -2.26. The summed E-state index contributed by atoms with van der Waals surface area (Å²) in [6.45, 7) is 8.85. The van der Waals surface area contributed by atoms with E-state index in [2.05, 4.69) is 42.1 Å². The zero-order valence-electron chi connectivity index (χ0n) is 15.0. The minimum Gasteiger partial charge on any atom is -0.378 e. The summed E-state index contributed by atoms with van der Waals surface area (Å²) in [4.78, 5) is 22.8. The lowest BCUT2D eigenvalue weighted by molar-refractivity contribution is 0.0298. The van der Waals surface area contributed by atoms with E-state index < -0.39 is 0 Å². The largest absolute Gasteiger partial charge is 0.378 e. The highest BCUT2D eigenvalue weighted by molar-refractivity contribution is 5.92. The predicted octanol–water partition coefficient (Wildman–Crippen LogP) is 2.99. The molecule has 3 rings (SSSR count). The maximum atomic E-state index is 12.4. The van der Waals surface area contributed by atoms with Crippen molar-refractivity contribution in [2.75, 3.05) is 31.6 Å². The lowest BCUT2D eigenvalue weighted by atomic mass is 9.86. The third kappa shape index (κ3) is 4.14. The van der Waals surface area contributed by atoms with Gasteiger partial charge in [0.05, 0.1) is 25.6 Å². The first kappa shape index (κ1) is 17.4. The quantitative estimate of drug-likeness (QED) is 0.930. The van der Waals surface area contributed by atoms with E-state index in [0.29, 0.717) is 37.8 Å². The van der Waals surface area contributed by atoms with E-state index in [-0.39, 0.29) is 11.3 Å². The van der Waals surface area contributed by atoms with Crippen LogP contribution in [0.3, 0.4) is 0 Å². The van der Waals surface area contributed by atoms with E-state index in [0.717, 1.165) is 5.69 Å². The van der Waals surface area contributed by atoms with Crippen LogP contribution in [0.4, 0.5) is 11.5 Å². The highest BCUT2D eigenvalue weighted by Gasteiger charge is 2.20. The summed E-state index contributed by atoms with van der Waals surface area (Å²) >= 11 is 0. The summed E-state index contributed by atoms with van der Waals surface area (Å²) in [7, 11) is 0. The number of rotatable bonds is 3. The molecule has 0 spiro atoms. The molecule has 0 radical (unpaired) electrons. The van der Waals surface area contributed by atoms with Crippen LogP contribution < -0.4 is 5.32 Å². The number of morpholine rings is 1. The van der Waals surface area contributed by atoms with Crippen LogP contribution in [-0.2, 0) is 10.2 Å². The van der Waals surface area contributed by atoms with Crippen molar-refractivity contribution in [1.29, 1.82) is 0 Å². The van der Waals surface area contributed by atoms with Gasteiger partial charge in [-0.2, -0.15) is 0 Å². The van der Waals surface area contributed by atoms with Crippen molar-refractivity contribution in [3.05, 3.63) is 47.9 Å². The van der Waals surface area contributed by atoms with Crippen LogP contribution in [0.2, 0.25) is 0 Å². The lowest BCUT2D eigenvalue weighted by Crippen LogP contribution is -2.41. The van der Waals surface area contributed by atoms with E-state index in [1.807, 2.05) is 18.2 Å². The Bertz CT molecular complexity index is 732. The van der Waals surface area contributed by atoms with Crippen LogP contribution in [0.1, 0.15) is 36.8 Å². The number of carbonyl (C=O) groups excluding carboxylic acids is 1. The van der Waals surface area contributed by atoms with Gasteiger partial charge in [0.1, 0.15) is 11.5 Å². The highest BCUT2D eigenvalue weighted by Crippen LogP contribution is 2.30. The fourth-order valence-electron chi connectivity index (χ4n) is 2.82. The zero-order chi connectivity index (χ0) is 17.9.